The first-order valence-corrected chi connectivity index (χ1v) is 6.74. The summed E-state index contributed by atoms with van der Waals surface area (Å²) >= 11 is 13.3. The Morgan fingerprint density at radius 2 is 2.06 bits per heavy atom. The number of halogens is 2. The number of rotatable bonds is 2. The molecule has 1 aliphatic rings. The molecule has 1 aliphatic heterocycles. The van der Waals surface area contributed by atoms with Crippen molar-refractivity contribution >= 4 is 40.7 Å². The van der Waals surface area contributed by atoms with E-state index in [4.69, 9.17) is 28.6 Å². The van der Waals surface area contributed by atoms with Crippen LogP contribution in [0.5, 0.6) is 0 Å². The molecular weight excluding hydrogens is 277 g/mol. The second-order valence-corrected chi connectivity index (χ2v) is 5.70. The number of benzene rings is 1. The molecule has 17 heavy (non-hydrogen) atoms. The predicted octanol–water partition coefficient (Wildman–Crippen LogP) is 4.07. The number of aliphatic hydroxyl groups is 1. The van der Waals surface area contributed by atoms with Gasteiger partial charge >= 0.3 is 0 Å². The highest BCUT2D eigenvalue weighted by molar-refractivity contribution is 8.02. The fraction of sp³-hybridized carbons (Fsp3) is 0.250. The first-order valence-electron chi connectivity index (χ1n) is 5.04. The molecule has 2 rings (SSSR count). The van der Waals surface area contributed by atoms with Gasteiger partial charge in [-0.05, 0) is 30.0 Å². The summed E-state index contributed by atoms with van der Waals surface area (Å²) in [4.78, 5) is 0. The van der Waals surface area contributed by atoms with Gasteiger partial charge in [0.2, 0.25) is 0 Å². The average Bonchev–Trinajstić information content (AvgIpc) is 2.64. The van der Waals surface area contributed by atoms with Crippen LogP contribution in [0.3, 0.4) is 0 Å². The van der Waals surface area contributed by atoms with Gasteiger partial charge in [-0.25, -0.2) is 0 Å². The molecule has 90 valence electrons. The Bertz CT molecular complexity index is 501. The molecule has 0 spiro atoms. The standard InChI is InChI=1S/C12H11Cl2NOS/c1-6(15)8-5-17-12(11(8)16)7-2-3-9(13)10(14)4-7/h2-5,11-12,15-16H,1H3. The minimum atomic E-state index is -0.658. The summed E-state index contributed by atoms with van der Waals surface area (Å²) in [7, 11) is 0. The Hall–Kier alpha value is -0.480. The minimum absolute atomic E-state index is 0.111. The zero-order valence-electron chi connectivity index (χ0n) is 9.08. The molecule has 0 radical (unpaired) electrons. The molecule has 0 amide bonds. The number of nitrogens with one attached hydrogen (secondary N) is 1. The Kier molecular flexibility index (Phi) is 3.83. The number of thioether (sulfide) groups is 1. The summed E-state index contributed by atoms with van der Waals surface area (Å²) in [5.41, 5.74) is 1.99. The van der Waals surface area contributed by atoms with E-state index < -0.39 is 6.10 Å². The normalized spacial score (nSPS) is 23.6. The fourth-order valence-corrected chi connectivity index (χ4v) is 3.23. The highest BCUT2D eigenvalue weighted by atomic mass is 35.5. The van der Waals surface area contributed by atoms with Crippen LogP contribution in [0.15, 0.2) is 29.2 Å². The van der Waals surface area contributed by atoms with E-state index in [9.17, 15) is 5.11 Å². The van der Waals surface area contributed by atoms with Crippen molar-refractivity contribution in [2.75, 3.05) is 0 Å². The summed E-state index contributed by atoms with van der Waals surface area (Å²) in [5.74, 6) is 0. The zero-order valence-corrected chi connectivity index (χ0v) is 11.4. The van der Waals surface area contributed by atoms with E-state index in [2.05, 4.69) is 0 Å². The molecule has 0 saturated carbocycles. The molecule has 0 aliphatic carbocycles. The third-order valence-corrected chi connectivity index (χ3v) is 4.60. The molecular formula is C12H11Cl2NOS. The van der Waals surface area contributed by atoms with Crippen molar-refractivity contribution in [3.05, 3.63) is 44.8 Å². The van der Waals surface area contributed by atoms with Gasteiger partial charge in [-0.1, -0.05) is 29.3 Å². The van der Waals surface area contributed by atoms with E-state index in [1.807, 2.05) is 11.5 Å². The highest BCUT2D eigenvalue weighted by Gasteiger charge is 2.31. The fourth-order valence-electron chi connectivity index (χ4n) is 1.71. The maximum absolute atomic E-state index is 10.1. The lowest BCUT2D eigenvalue weighted by Gasteiger charge is -2.17. The van der Waals surface area contributed by atoms with Crippen LogP contribution < -0.4 is 0 Å². The second kappa shape index (κ2) is 5.02. The van der Waals surface area contributed by atoms with Crippen LogP contribution in [0.4, 0.5) is 0 Å². The molecule has 1 heterocycles. The number of hydrogen-bond acceptors (Lipinski definition) is 3. The molecule has 1 aromatic carbocycles. The second-order valence-electron chi connectivity index (χ2n) is 3.87. The molecule has 0 saturated heterocycles. The lowest BCUT2D eigenvalue weighted by Crippen LogP contribution is -2.17. The summed E-state index contributed by atoms with van der Waals surface area (Å²) in [6.45, 7) is 1.67. The molecule has 0 bridgehead atoms. The van der Waals surface area contributed by atoms with Crippen LogP contribution in [0.2, 0.25) is 10.0 Å². The first-order chi connectivity index (χ1) is 8.00. The lowest BCUT2D eigenvalue weighted by molar-refractivity contribution is 0.217. The number of aliphatic hydroxyl groups excluding tert-OH is 1. The van der Waals surface area contributed by atoms with Crippen LogP contribution in [-0.4, -0.2) is 16.9 Å². The smallest absolute Gasteiger partial charge is 0.0974 e. The van der Waals surface area contributed by atoms with Crippen molar-refractivity contribution in [1.82, 2.24) is 0 Å². The monoisotopic (exact) mass is 287 g/mol. The van der Waals surface area contributed by atoms with Gasteiger partial charge < -0.3 is 10.5 Å². The molecule has 2 nitrogen and oxygen atoms in total. The highest BCUT2D eigenvalue weighted by Crippen LogP contribution is 2.43. The maximum Gasteiger partial charge on any atom is 0.0974 e. The molecule has 1 aromatic rings. The summed E-state index contributed by atoms with van der Waals surface area (Å²) < 4.78 is 0. The van der Waals surface area contributed by atoms with Crippen LogP contribution in [0.1, 0.15) is 17.7 Å². The zero-order chi connectivity index (χ0) is 12.6. The van der Waals surface area contributed by atoms with Crippen molar-refractivity contribution in [2.45, 2.75) is 18.3 Å². The summed E-state index contributed by atoms with van der Waals surface area (Å²) in [6.07, 6.45) is -0.658. The predicted molar refractivity (Wildman–Crippen MR) is 74.3 cm³/mol. The van der Waals surface area contributed by atoms with Crippen LogP contribution in [0, 0.1) is 5.41 Å². The van der Waals surface area contributed by atoms with Crippen molar-refractivity contribution in [2.24, 2.45) is 0 Å². The van der Waals surface area contributed by atoms with Gasteiger partial charge in [-0.15, -0.1) is 11.8 Å². The van der Waals surface area contributed by atoms with Gasteiger partial charge in [0.15, 0.2) is 0 Å². The Balaban J connectivity index is 2.26. The Morgan fingerprint density at radius 1 is 1.35 bits per heavy atom. The van der Waals surface area contributed by atoms with Crippen molar-refractivity contribution in [3.63, 3.8) is 0 Å². The Morgan fingerprint density at radius 3 is 2.59 bits per heavy atom. The molecule has 2 N–H and O–H groups in total. The van der Waals surface area contributed by atoms with Crippen LogP contribution in [0.25, 0.3) is 0 Å². The minimum Gasteiger partial charge on any atom is -0.387 e. The molecule has 2 atom stereocenters. The van der Waals surface area contributed by atoms with E-state index in [0.717, 1.165) is 5.56 Å². The van der Waals surface area contributed by atoms with Gasteiger partial charge in [0, 0.05) is 11.3 Å². The van der Waals surface area contributed by atoms with E-state index in [-0.39, 0.29) is 5.25 Å². The molecule has 0 fully saturated rings. The van der Waals surface area contributed by atoms with Gasteiger partial charge in [-0.2, -0.15) is 0 Å². The van der Waals surface area contributed by atoms with Crippen molar-refractivity contribution < 1.29 is 5.11 Å². The van der Waals surface area contributed by atoms with E-state index in [1.165, 1.54) is 11.8 Å². The van der Waals surface area contributed by atoms with E-state index in [0.29, 0.717) is 21.3 Å². The molecule has 5 heteroatoms. The van der Waals surface area contributed by atoms with Gasteiger partial charge in [-0.3, -0.25) is 0 Å². The third kappa shape index (κ3) is 2.52. The summed E-state index contributed by atoms with van der Waals surface area (Å²) in [6, 6.07) is 5.34. The molecule has 0 aromatic heterocycles. The van der Waals surface area contributed by atoms with E-state index >= 15 is 0 Å². The van der Waals surface area contributed by atoms with Crippen molar-refractivity contribution in [1.29, 1.82) is 5.41 Å². The van der Waals surface area contributed by atoms with Gasteiger partial charge in [0.25, 0.3) is 0 Å². The Labute approximate surface area is 114 Å². The lowest BCUT2D eigenvalue weighted by atomic mass is 10.00. The SMILES string of the molecule is CC(=N)C1=CSC(c2ccc(Cl)c(Cl)c2)C1O. The number of hydrogen-bond donors (Lipinski definition) is 2. The van der Waals surface area contributed by atoms with E-state index in [1.54, 1.807) is 19.1 Å². The average molecular weight is 288 g/mol. The van der Waals surface area contributed by atoms with Crippen LogP contribution in [-0.2, 0) is 0 Å². The maximum atomic E-state index is 10.1. The molecule has 2 unspecified atom stereocenters. The first kappa shape index (κ1) is 13.0. The largest absolute Gasteiger partial charge is 0.387 e. The van der Waals surface area contributed by atoms with Crippen LogP contribution >= 0.6 is 35.0 Å². The quantitative estimate of drug-likeness (QED) is 0.806. The third-order valence-electron chi connectivity index (χ3n) is 2.65. The van der Waals surface area contributed by atoms with Gasteiger partial charge in [0.05, 0.1) is 21.4 Å². The summed E-state index contributed by atoms with van der Waals surface area (Å²) in [5, 5.41) is 20.4. The van der Waals surface area contributed by atoms with Gasteiger partial charge in [0.1, 0.15) is 0 Å². The van der Waals surface area contributed by atoms with Crippen molar-refractivity contribution in [3.8, 4) is 0 Å². The topological polar surface area (TPSA) is 44.1 Å².